The first-order valence-electron chi connectivity index (χ1n) is 9.38. The first-order chi connectivity index (χ1) is 12.1. The normalized spacial score (nSPS) is 21.9. The Labute approximate surface area is 149 Å². The molecule has 0 radical (unpaired) electrons. The zero-order valence-electron chi connectivity index (χ0n) is 15.0. The number of carbonyl (C=O) groups is 2. The highest BCUT2D eigenvalue weighted by Crippen LogP contribution is 2.23. The summed E-state index contributed by atoms with van der Waals surface area (Å²) in [5.74, 6) is 1.68. The molecule has 2 aliphatic heterocycles. The van der Waals surface area contributed by atoms with E-state index in [9.17, 15) is 9.59 Å². The second-order valence-electron chi connectivity index (χ2n) is 7.29. The van der Waals surface area contributed by atoms with E-state index in [0.717, 1.165) is 32.4 Å². The highest BCUT2D eigenvalue weighted by Gasteiger charge is 2.31. The third kappa shape index (κ3) is 4.74. The maximum atomic E-state index is 12.7. The molecule has 1 aromatic carbocycles. The standard InChI is InChI=1S/C20H28N2O3/c1-16-6-5-11-22(14-16)20(24)17-9-12-21(13-10-17)19(23)15-25-18-7-3-2-4-8-18/h2-4,7-8,16-17H,5-6,9-15H2,1H3. The van der Waals surface area contributed by atoms with Crippen molar-refractivity contribution in [3.63, 3.8) is 0 Å². The van der Waals surface area contributed by atoms with E-state index in [0.29, 0.717) is 30.7 Å². The van der Waals surface area contributed by atoms with Gasteiger partial charge >= 0.3 is 0 Å². The Kier molecular flexibility index (Phi) is 5.95. The van der Waals surface area contributed by atoms with Crippen LogP contribution in [-0.4, -0.2) is 54.4 Å². The minimum absolute atomic E-state index is 0.00125. The summed E-state index contributed by atoms with van der Waals surface area (Å²) in [6.45, 7) is 5.36. The summed E-state index contributed by atoms with van der Waals surface area (Å²) in [7, 11) is 0. The van der Waals surface area contributed by atoms with Gasteiger partial charge in [-0.1, -0.05) is 25.1 Å². The fourth-order valence-electron chi connectivity index (χ4n) is 3.78. The monoisotopic (exact) mass is 344 g/mol. The fraction of sp³-hybridized carbons (Fsp3) is 0.600. The van der Waals surface area contributed by atoms with Gasteiger partial charge < -0.3 is 14.5 Å². The third-order valence-electron chi connectivity index (χ3n) is 5.27. The molecule has 136 valence electrons. The van der Waals surface area contributed by atoms with Crippen LogP contribution in [0.25, 0.3) is 0 Å². The Morgan fingerprint density at radius 1 is 1.04 bits per heavy atom. The number of hydrogen-bond donors (Lipinski definition) is 0. The van der Waals surface area contributed by atoms with Gasteiger partial charge in [-0.3, -0.25) is 9.59 Å². The molecular weight excluding hydrogens is 316 g/mol. The van der Waals surface area contributed by atoms with Gasteiger partial charge in [-0.05, 0) is 43.7 Å². The summed E-state index contributed by atoms with van der Waals surface area (Å²) in [4.78, 5) is 28.8. The average molecular weight is 344 g/mol. The Balaban J connectivity index is 1.43. The number of hydrogen-bond acceptors (Lipinski definition) is 3. The largest absolute Gasteiger partial charge is 0.484 e. The third-order valence-corrected chi connectivity index (χ3v) is 5.27. The van der Waals surface area contributed by atoms with Crippen molar-refractivity contribution in [2.24, 2.45) is 11.8 Å². The van der Waals surface area contributed by atoms with Crippen LogP contribution < -0.4 is 4.74 Å². The van der Waals surface area contributed by atoms with Crippen molar-refractivity contribution in [3.8, 4) is 5.75 Å². The number of amides is 2. The lowest BCUT2D eigenvalue weighted by molar-refractivity contribution is -0.142. The van der Waals surface area contributed by atoms with Crippen LogP contribution >= 0.6 is 0 Å². The number of carbonyl (C=O) groups excluding carboxylic acids is 2. The van der Waals surface area contributed by atoms with Crippen LogP contribution in [0.3, 0.4) is 0 Å². The molecule has 2 aliphatic rings. The van der Waals surface area contributed by atoms with Crippen molar-refractivity contribution in [1.29, 1.82) is 0 Å². The summed E-state index contributed by atoms with van der Waals surface area (Å²) in [6, 6.07) is 9.38. The van der Waals surface area contributed by atoms with Crippen molar-refractivity contribution in [1.82, 2.24) is 9.80 Å². The molecule has 0 N–H and O–H groups in total. The zero-order chi connectivity index (χ0) is 17.6. The molecule has 1 atom stereocenters. The van der Waals surface area contributed by atoms with E-state index in [1.54, 1.807) is 0 Å². The predicted molar refractivity (Wildman–Crippen MR) is 96.2 cm³/mol. The molecule has 2 heterocycles. The highest BCUT2D eigenvalue weighted by molar-refractivity contribution is 5.80. The van der Waals surface area contributed by atoms with E-state index in [2.05, 4.69) is 6.92 Å². The molecule has 0 aliphatic carbocycles. The van der Waals surface area contributed by atoms with E-state index in [1.165, 1.54) is 6.42 Å². The minimum Gasteiger partial charge on any atom is -0.484 e. The molecule has 2 amide bonds. The molecule has 0 bridgehead atoms. The molecule has 25 heavy (non-hydrogen) atoms. The molecule has 5 heteroatoms. The smallest absolute Gasteiger partial charge is 0.260 e. The molecule has 0 spiro atoms. The molecule has 1 aromatic rings. The minimum atomic E-state index is 0.00125. The van der Waals surface area contributed by atoms with Gasteiger partial charge in [0.2, 0.25) is 5.91 Å². The molecule has 3 rings (SSSR count). The number of benzene rings is 1. The van der Waals surface area contributed by atoms with Gasteiger partial charge in [0.1, 0.15) is 5.75 Å². The predicted octanol–water partition coefficient (Wildman–Crippen LogP) is 2.56. The van der Waals surface area contributed by atoms with Crippen LogP contribution in [0.4, 0.5) is 0 Å². The topological polar surface area (TPSA) is 49.9 Å². The van der Waals surface area contributed by atoms with Crippen LogP contribution in [0.2, 0.25) is 0 Å². The van der Waals surface area contributed by atoms with Gasteiger partial charge in [0, 0.05) is 32.1 Å². The van der Waals surface area contributed by atoms with Crippen LogP contribution in [0, 0.1) is 11.8 Å². The van der Waals surface area contributed by atoms with Gasteiger partial charge in [-0.15, -0.1) is 0 Å². The lowest BCUT2D eigenvalue weighted by atomic mass is 9.93. The van der Waals surface area contributed by atoms with Crippen molar-refractivity contribution >= 4 is 11.8 Å². The maximum Gasteiger partial charge on any atom is 0.260 e. The van der Waals surface area contributed by atoms with Crippen LogP contribution in [0.1, 0.15) is 32.6 Å². The van der Waals surface area contributed by atoms with Crippen molar-refractivity contribution in [2.45, 2.75) is 32.6 Å². The van der Waals surface area contributed by atoms with Gasteiger partial charge in [0.25, 0.3) is 5.91 Å². The summed E-state index contributed by atoms with van der Waals surface area (Å²) >= 11 is 0. The summed E-state index contributed by atoms with van der Waals surface area (Å²) in [6.07, 6.45) is 3.86. The Morgan fingerprint density at radius 3 is 2.44 bits per heavy atom. The van der Waals surface area contributed by atoms with E-state index in [-0.39, 0.29) is 18.4 Å². The number of ether oxygens (including phenoxy) is 1. The SMILES string of the molecule is CC1CCCN(C(=O)C2CCN(C(=O)COc3ccccc3)CC2)C1. The lowest BCUT2D eigenvalue weighted by Crippen LogP contribution is -2.47. The van der Waals surface area contributed by atoms with Crippen molar-refractivity contribution in [2.75, 3.05) is 32.8 Å². The first kappa shape index (κ1) is 17.8. The first-order valence-corrected chi connectivity index (χ1v) is 9.38. The number of rotatable bonds is 4. The van der Waals surface area contributed by atoms with Crippen LogP contribution in [0.5, 0.6) is 5.75 Å². The van der Waals surface area contributed by atoms with E-state index < -0.39 is 0 Å². The van der Waals surface area contributed by atoms with Crippen LogP contribution in [-0.2, 0) is 9.59 Å². The summed E-state index contributed by atoms with van der Waals surface area (Å²) in [5.41, 5.74) is 0. The fourth-order valence-corrected chi connectivity index (χ4v) is 3.78. The summed E-state index contributed by atoms with van der Waals surface area (Å²) in [5, 5.41) is 0. The van der Waals surface area contributed by atoms with Crippen molar-refractivity contribution in [3.05, 3.63) is 30.3 Å². The molecule has 2 saturated heterocycles. The van der Waals surface area contributed by atoms with E-state index in [4.69, 9.17) is 4.74 Å². The van der Waals surface area contributed by atoms with E-state index in [1.807, 2.05) is 40.1 Å². The number of piperidine rings is 2. The zero-order valence-corrected chi connectivity index (χ0v) is 15.0. The number of likely N-dealkylation sites (tertiary alicyclic amines) is 2. The van der Waals surface area contributed by atoms with Crippen molar-refractivity contribution < 1.29 is 14.3 Å². The average Bonchev–Trinajstić information content (AvgIpc) is 2.66. The van der Waals surface area contributed by atoms with Gasteiger partial charge in [0.05, 0.1) is 0 Å². The second kappa shape index (κ2) is 8.37. The summed E-state index contributed by atoms with van der Waals surface area (Å²) < 4.78 is 5.54. The van der Waals surface area contributed by atoms with Gasteiger partial charge in [0.15, 0.2) is 6.61 Å². The molecule has 0 saturated carbocycles. The Hall–Kier alpha value is -2.04. The lowest BCUT2D eigenvalue weighted by Gasteiger charge is -2.37. The van der Waals surface area contributed by atoms with E-state index >= 15 is 0 Å². The van der Waals surface area contributed by atoms with Gasteiger partial charge in [-0.25, -0.2) is 0 Å². The molecule has 5 nitrogen and oxygen atoms in total. The second-order valence-corrected chi connectivity index (χ2v) is 7.29. The maximum absolute atomic E-state index is 12.7. The van der Waals surface area contributed by atoms with Crippen LogP contribution in [0.15, 0.2) is 30.3 Å². The Bertz CT molecular complexity index is 582. The number of nitrogens with zero attached hydrogens (tertiary/aromatic N) is 2. The quantitative estimate of drug-likeness (QED) is 0.843. The number of para-hydroxylation sites is 1. The molecule has 1 unspecified atom stereocenters. The Morgan fingerprint density at radius 2 is 1.76 bits per heavy atom. The molecular formula is C20H28N2O3. The molecule has 2 fully saturated rings. The highest BCUT2D eigenvalue weighted by atomic mass is 16.5. The molecule has 0 aromatic heterocycles. The van der Waals surface area contributed by atoms with Gasteiger partial charge in [-0.2, -0.15) is 0 Å².